The summed E-state index contributed by atoms with van der Waals surface area (Å²) in [4.78, 5) is 22.7. The summed E-state index contributed by atoms with van der Waals surface area (Å²) in [5.74, 6) is -0.195. The van der Waals surface area contributed by atoms with Gasteiger partial charge in [0.15, 0.2) is 0 Å². The summed E-state index contributed by atoms with van der Waals surface area (Å²) >= 11 is 0. The van der Waals surface area contributed by atoms with E-state index in [0.717, 1.165) is 12.8 Å². The van der Waals surface area contributed by atoms with Gasteiger partial charge >= 0.3 is 5.97 Å². The highest BCUT2D eigenvalue weighted by atomic mass is 16.5. The number of carbonyl (C=O) groups excluding carboxylic acids is 2. The van der Waals surface area contributed by atoms with Crippen LogP contribution in [-0.4, -0.2) is 24.4 Å². The molecular weight excluding hydrogens is 206 g/mol. The molecular formula is C12H23NO3. The number of esters is 1. The van der Waals surface area contributed by atoms with Crippen molar-refractivity contribution in [2.45, 2.75) is 52.5 Å². The average molecular weight is 229 g/mol. The van der Waals surface area contributed by atoms with E-state index in [1.165, 1.54) is 0 Å². The molecule has 0 saturated heterocycles. The first-order valence-electron chi connectivity index (χ1n) is 5.96. The first-order chi connectivity index (χ1) is 7.52. The molecule has 2 atom stereocenters. The van der Waals surface area contributed by atoms with Gasteiger partial charge in [-0.15, -0.1) is 0 Å². The lowest BCUT2D eigenvalue weighted by molar-refractivity contribution is -0.144. The van der Waals surface area contributed by atoms with Crippen LogP contribution in [-0.2, 0) is 14.3 Å². The molecule has 4 heteroatoms. The summed E-state index contributed by atoms with van der Waals surface area (Å²) in [5.41, 5.74) is 5.81. The molecule has 0 spiro atoms. The molecule has 0 bridgehead atoms. The van der Waals surface area contributed by atoms with E-state index in [1.807, 2.05) is 6.92 Å². The summed E-state index contributed by atoms with van der Waals surface area (Å²) in [6.45, 7) is 6.13. The van der Waals surface area contributed by atoms with Gasteiger partial charge in [0, 0.05) is 6.42 Å². The molecule has 0 aliphatic rings. The Hall–Kier alpha value is -0.900. The zero-order valence-corrected chi connectivity index (χ0v) is 10.5. The summed E-state index contributed by atoms with van der Waals surface area (Å²) in [6.07, 6.45) is 2.28. The summed E-state index contributed by atoms with van der Waals surface area (Å²) in [6, 6.07) is -0.450. The Morgan fingerprint density at radius 3 is 2.38 bits per heavy atom. The Balaban J connectivity index is 3.91. The first kappa shape index (κ1) is 15.1. The van der Waals surface area contributed by atoms with Gasteiger partial charge in [-0.1, -0.05) is 20.3 Å². The van der Waals surface area contributed by atoms with Gasteiger partial charge in [0.05, 0.1) is 19.1 Å². The van der Waals surface area contributed by atoms with Crippen LogP contribution < -0.4 is 5.73 Å². The van der Waals surface area contributed by atoms with E-state index in [1.54, 1.807) is 6.92 Å². The van der Waals surface area contributed by atoms with Crippen LogP contribution in [0.15, 0.2) is 0 Å². The fourth-order valence-electron chi connectivity index (χ4n) is 1.58. The molecule has 0 aromatic heterocycles. The number of hydrogen-bond acceptors (Lipinski definition) is 4. The zero-order valence-electron chi connectivity index (χ0n) is 10.5. The number of Topliss-reactive ketones (excluding diaryl/α,β-unsaturated/α-hetero) is 1. The summed E-state index contributed by atoms with van der Waals surface area (Å²) in [7, 11) is 0. The molecule has 4 nitrogen and oxygen atoms in total. The zero-order chi connectivity index (χ0) is 12.6. The third kappa shape index (κ3) is 5.85. The smallest absolute Gasteiger partial charge is 0.306 e. The van der Waals surface area contributed by atoms with Gasteiger partial charge in [0.1, 0.15) is 5.78 Å². The minimum absolute atomic E-state index is 0.0472. The average Bonchev–Trinajstić information content (AvgIpc) is 2.25. The number of ether oxygens (including phenoxy) is 1. The Morgan fingerprint density at radius 2 is 1.88 bits per heavy atom. The molecule has 16 heavy (non-hydrogen) atoms. The fraction of sp³-hybridized carbons (Fsp3) is 0.833. The number of ketones is 1. The molecule has 0 aliphatic heterocycles. The Labute approximate surface area is 97.5 Å². The molecule has 0 aromatic carbocycles. The highest BCUT2D eigenvalue weighted by Gasteiger charge is 2.20. The minimum atomic E-state index is -0.450. The maximum Gasteiger partial charge on any atom is 0.306 e. The fourth-order valence-corrected chi connectivity index (χ4v) is 1.58. The summed E-state index contributed by atoms with van der Waals surface area (Å²) in [5, 5.41) is 0. The van der Waals surface area contributed by atoms with Gasteiger partial charge in [-0.3, -0.25) is 9.59 Å². The molecule has 0 amide bonds. The van der Waals surface area contributed by atoms with E-state index in [9.17, 15) is 9.59 Å². The van der Waals surface area contributed by atoms with Crippen molar-refractivity contribution in [2.24, 2.45) is 11.7 Å². The van der Waals surface area contributed by atoms with E-state index in [0.29, 0.717) is 6.61 Å². The van der Waals surface area contributed by atoms with Crippen molar-refractivity contribution in [3.63, 3.8) is 0 Å². The lowest BCUT2D eigenvalue weighted by Crippen LogP contribution is -2.37. The Kier molecular flexibility index (Phi) is 7.81. The number of rotatable bonds is 8. The number of nitrogens with two attached hydrogens (primary N) is 1. The van der Waals surface area contributed by atoms with Gasteiger partial charge in [-0.2, -0.15) is 0 Å². The topological polar surface area (TPSA) is 69.4 Å². The van der Waals surface area contributed by atoms with Crippen molar-refractivity contribution < 1.29 is 14.3 Å². The standard InChI is InChI=1S/C12H23NO3/c1-4-6-9(3)12(13)10(14)7-8-11(15)16-5-2/h9,12H,4-8,13H2,1-3H3. The van der Waals surface area contributed by atoms with Crippen LogP contribution in [0, 0.1) is 5.92 Å². The second-order valence-electron chi connectivity index (χ2n) is 4.06. The van der Waals surface area contributed by atoms with Gasteiger partial charge in [0.25, 0.3) is 0 Å². The Morgan fingerprint density at radius 1 is 1.25 bits per heavy atom. The third-order valence-corrected chi connectivity index (χ3v) is 2.61. The molecule has 2 unspecified atom stereocenters. The van der Waals surface area contributed by atoms with Crippen molar-refractivity contribution in [3.8, 4) is 0 Å². The first-order valence-corrected chi connectivity index (χ1v) is 5.96. The second-order valence-corrected chi connectivity index (χ2v) is 4.06. The van der Waals surface area contributed by atoms with Crippen LogP contribution in [0.1, 0.15) is 46.5 Å². The molecule has 0 saturated carbocycles. The van der Waals surface area contributed by atoms with Gasteiger partial charge in [-0.25, -0.2) is 0 Å². The van der Waals surface area contributed by atoms with Crippen LogP contribution >= 0.6 is 0 Å². The maximum atomic E-state index is 11.6. The number of hydrogen-bond donors (Lipinski definition) is 1. The molecule has 0 rings (SSSR count). The van der Waals surface area contributed by atoms with Crippen molar-refractivity contribution >= 4 is 11.8 Å². The van der Waals surface area contributed by atoms with Crippen LogP contribution in [0.25, 0.3) is 0 Å². The lowest BCUT2D eigenvalue weighted by Gasteiger charge is -2.17. The van der Waals surface area contributed by atoms with Gasteiger partial charge < -0.3 is 10.5 Å². The van der Waals surface area contributed by atoms with Gasteiger partial charge in [-0.05, 0) is 19.3 Å². The minimum Gasteiger partial charge on any atom is -0.466 e. The van der Waals surface area contributed by atoms with Crippen molar-refractivity contribution in [2.75, 3.05) is 6.61 Å². The highest BCUT2D eigenvalue weighted by Crippen LogP contribution is 2.11. The van der Waals surface area contributed by atoms with Crippen LogP contribution in [0.5, 0.6) is 0 Å². The molecule has 0 radical (unpaired) electrons. The van der Waals surface area contributed by atoms with Crippen molar-refractivity contribution in [3.05, 3.63) is 0 Å². The monoisotopic (exact) mass is 229 g/mol. The maximum absolute atomic E-state index is 11.6. The molecule has 0 heterocycles. The second kappa shape index (κ2) is 8.28. The van der Waals surface area contributed by atoms with Crippen LogP contribution in [0.2, 0.25) is 0 Å². The third-order valence-electron chi connectivity index (χ3n) is 2.61. The predicted octanol–water partition coefficient (Wildman–Crippen LogP) is 1.66. The van der Waals surface area contributed by atoms with Crippen LogP contribution in [0.3, 0.4) is 0 Å². The SMILES string of the molecule is CCCC(C)C(N)C(=O)CCC(=O)OCC. The van der Waals surface area contributed by atoms with E-state index in [2.05, 4.69) is 6.92 Å². The molecule has 0 aromatic rings. The summed E-state index contributed by atoms with van der Waals surface area (Å²) < 4.78 is 4.75. The molecule has 94 valence electrons. The predicted molar refractivity (Wildman–Crippen MR) is 62.9 cm³/mol. The lowest BCUT2D eigenvalue weighted by atomic mass is 9.92. The highest BCUT2D eigenvalue weighted by molar-refractivity contribution is 5.87. The van der Waals surface area contributed by atoms with E-state index < -0.39 is 6.04 Å². The van der Waals surface area contributed by atoms with Crippen molar-refractivity contribution in [1.29, 1.82) is 0 Å². The molecule has 0 fully saturated rings. The molecule has 2 N–H and O–H groups in total. The van der Waals surface area contributed by atoms with Crippen LogP contribution in [0.4, 0.5) is 0 Å². The Bertz CT molecular complexity index is 228. The van der Waals surface area contributed by atoms with E-state index >= 15 is 0 Å². The molecule has 0 aliphatic carbocycles. The van der Waals surface area contributed by atoms with E-state index in [4.69, 9.17) is 10.5 Å². The quantitative estimate of drug-likeness (QED) is 0.643. The largest absolute Gasteiger partial charge is 0.466 e. The van der Waals surface area contributed by atoms with Gasteiger partial charge in [0.2, 0.25) is 0 Å². The van der Waals surface area contributed by atoms with Crippen molar-refractivity contribution in [1.82, 2.24) is 0 Å². The van der Waals surface area contributed by atoms with E-state index in [-0.39, 0.29) is 30.5 Å². The normalized spacial score (nSPS) is 14.2. The number of carbonyl (C=O) groups is 2.